The number of pyridine rings is 1. The highest BCUT2D eigenvalue weighted by molar-refractivity contribution is 5.38. The number of aromatic nitrogens is 1. The van der Waals surface area contributed by atoms with E-state index in [0.29, 0.717) is 0 Å². The fourth-order valence-electron chi connectivity index (χ4n) is 1.42. The van der Waals surface area contributed by atoms with Gasteiger partial charge in [-0.1, -0.05) is 13.8 Å². The van der Waals surface area contributed by atoms with Crippen molar-refractivity contribution in [3.8, 4) is 0 Å². The summed E-state index contributed by atoms with van der Waals surface area (Å²) in [6.07, 6.45) is 2.96. The minimum atomic E-state index is -0.477. The quantitative estimate of drug-likeness (QED) is 0.786. The summed E-state index contributed by atoms with van der Waals surface area (Å²) in [5.41, 5.74) is -0.477. The van der Waals surface area contributed by atoms with Gasteiger partial charge in [-0.15, -0.1) is 0 Å². The van der Waals surface area contributed by atoms with E-state index in [4.69, 9.17) is 0 Å². The van der Waals surface area contributed by atoms with E-state index in [9.17, 15) is 9.50 Å². The molecule has 0 amide bonds. The largest absolute Gasteiger partial charge is 0.394 e. The fourth-order valence-corrected chi connectivity index (χ4v) is 1.42. The summed E-state index contributed by atoms with van der Waals surface area (Å²) < 4.78 is 13.3. The van der Waals surface area contributed by atoms with Gasteiger partial charge in [0.25, 0.3) is 0 Å². The third-order valence-electron chi connectivity index (χ3n) is 2.80. The molecule has 15 heavy (non-hydrogen) atoms. The summed E-state index contributed by atoms with van der Waals surface area (Å²) in [5.74, 6) is -0.188. The molecule has 1 aromatic rings. The van der Waals surface area contributed by atoms with Crippen molar-refractivity contribution in [1.29, 1.82) is 0 Å². The van der Waals surface area contributed by atoms with Gasteiger partial charge in [0.1, 0.15) is 0 Å². The SMILES string of the molecule is CCC(CC)(CO)Nc1ncccc1F. The number of nitrogens with one attached hydrogen (secondary N) is 1. The summed E-state index contributed by atoms with van der Waals surface area (Å²) in [4.78, 5) is 3.91. The zero-order valence-electron chi connectivity index (χ0n) is 9.13. The molecule has 0 spiro atoms. The predicted molar refractivity (Wildman–Crippen MR) is 58.2 cm³/mol. The number of halogens is 1. The molecule has 3 nitrogen and oxygen atoms in total. The normalized spacial score (nSPS) is 11.5. The van der Waals surface area contributed by atoms with E-state index in [2.05, 4.69) is 10.3 Å². The van der Waals surface area contributed by atoms with Crippen LogP contribution in [0.5, 0.6) is 0 Å². The molecule has 0 bridgehead atoms. The van der Waals surface area contributed by atoms with Crippen molar-refractivity contribution >= 4 is 5.82 Å². The number of anilines is 1. The first kappa shape index (κ1) is 11.9. The summed E-state index contributed by atoms with van der Waals surface area (Å²) >= 11 is 0. The van der Waals surface area contributed by atoms with E-state index in [0.717, 1.165) is 12.8 Å². The maximum absolute atomic E-state index is 13.3. The van der Waals surface area contributed by atoms with Crippen LogP contribution in [0.4, 0.5) is 10.2 Å². The molecular formula is C11H17FN2O. The maximum atomic E-state index is 13.3. The Morgan fingerprint density at radius 3 is 2.60 bits per heavy atom. The molecule has 84 valence electrons. The molecule has 2 N–H and O–H groups in total. The summed E-state index contributed by atoms with van der Waals surface area (Å²) in [5, 5.41) is 12.3. The molecule has 0 saturated carbocycles. The Balaban J connectivity index is 2.88. The molecule has 0 aliphatic heterocycles. The zero-order chi connectivity index (χ0) is 11.3. The lowest BCUT2D eigenvalue weighted by molar-refractivity contribution is 0.201. The van der Waals surface area contributed by atoms with Gasteiger partial charge in [0.15, 0.2) is 11.6 Å². The van der Waals surface area contributed by atoms with Gasteiger partial charge < -0.3 is 10.4 Å². The van der Waals surface area contributed by atoms with Crippen molar-refractivity contribution in [3.63, 3.8) is 0 Å². The fraction of sp³-hybridized carbons (Fsp3) is 0.545. The van der Waals surface area contributed by atoms with Crippen LogP contribution in [-0.4, -0.2) is 22.2 Å². The Morgan fingerprint density at radius 2 is 2.13 bits per heavy atom. The lowest BCUT2D eigenvalue weighted by Crippen LogP contribution is -2.41. The van der Waals surface area contributed by atoms with Crippen LogP contribution >= 0.6 is 0 Å². The van der Waals surface area contributed by atoms with E-state index < -0.39 is 11.4 Å². The predicted octanol–water partition coefficient (Wildman–Crippen LogP) is 2.18. The number of nitrogens with zero attached hydrogens (tertiary/aromatic N) is 1. The van der Waals surface area contributed by atoms with Crippen LogP contribution in [0.25, 0.3) is 0 Å². The Kier molecular flexibility index (Phi) is 4.03. The average molecular weight is 212 g/mol. The first-order chi connectivity index (χ1) is 7.17. The summed E-state index contributed by atoms with van der Waals surface area (Å²) in [6, 6.07) is 2.89. The first-order valence-electron chi connectivity index (χ1n) is 5.17. The molecule has 0 radical (unpaired) electrons. The third-order valence-corrected chi connectivity index (χ3v) is 2.80. The van der Waals surface area contributed by atoms with E-state index >= 15 is 0 Å². The highest BCUT2D eigenvalue weighted by Crippen LogP contribution is 2.21. The molecule has 0 unspecified atom stereocenters. The molecule has 0 saturated heterocycles. The molecule has 1 aromatic heterocycles. The third kappa shape index (κ3) is 2.65. The van der Waals surface area contributed by atoms with Crippen LogP contribution in [0.15, 0.2) is 18.3 Å². The average Bonchev–Trinajstić information content (AvgIpc) is 2.29. The number of hydrogen-bond donors (Lipinski definition) is 2. The van der Waals surface area contributed by atoms with Gasteiger partial charge in [0, 0.05) is 6.20 Å². The van der Waals surface area contributed by atoms with Crippen molar-refractivity contribution in [2.24, 2.45) is 0 Å². The van der Waals surface area contributed by atoms with E-state index in [1.165, 1.54) is 12.3 Å². The lowest BCUT2D eigenvalue weighted by atomic mass is 9.94. The number of aliphatic hydroxyl groups excluding tert-OH is 1. The van der Waals surface area contributed by atoms with E-state index in [1.807, 2.05) is 13.8 Å². The Hall–Kier alpha value is -1.16. The monoisotopic (exact) mass is 212 g/mol. The van der Waals surface area contributed by atoms with E-state index in [1.54, 1.807) is 6.07 Å². The van der Waals surface area contributed by atoms with Crippen LogP contribution in [0.1, 0.15) is 26.7 Å². The number of rotatable bonds is 5. The smallest absolute Gasteiger partial charge is 0.165 e. The van der Waals surface area contributed by atoms with Crippen molar-refractivity contribution in [3.05, 3.63) is 24.1 Å². The second-order valence-corrected chi connectivity index (χ2v) is 3.60. The molecule has 0 fully saturated rings. The Morgan fingerprint density at radius 1 is 1.47 bits per heavy atom. The van der Waals surface area contributed by atoms with Crippen molar-refractivity contribution < 1.29 is 9.50 Å². The molecule has 0 aliphatic rings. The van der Waals surface area contributed by atoms with Gasteiger partial charge in [-0.3, -0.25) is 0 Å². The minimum absolute atomic E-state index is 0.0317. The maximum Gasteiger partial charge on any atom is 0.165 e. The molecule has 1 rings (SSSR count). The number of hydrogen-bond acceptors (Lipinski definition) is 3. The standard InChI is InChI=1S/C11H17FN2O/c1-3-11(4-2,8-15)14-10-9(12)6-5-7-13-10/h5-7,15H,3-4,8H2,1-2H3,(H,13,14). The molecule has 0 aliphatic carbocycles. The van der Waals surface area contributed by atoms with Crippen molar-refractivity contribution in [2.45, 2.75) is 32.2 Å². The second kappa shape index (κ2) is 5.07. The molecule has 4 heteroatoms. The Labute approximate surface area is 89.4 Å². The van der Waals surface area contributed by atoms with Crippen molar-refractivity contribution in [1.82, 2.24) is 4.98 Å². The van der Waals surface area contributed by atoms with Gasteiger partial charge in [0.05, 0.1) is 12.1 Å². The lowest BCUT2D eigenvalue weighted by Gasteiger charge is -2.31. The highest BCUT2D eigenvalue weighted by atomic mass is 19.1. The van der Waals surface area contributed by atoms with E-state index in [-0.39, 0.29) is 12.4 Å². The van der Waals surface area contributed by atoms with Gasteiger partial charge in [-0.05, 0) is 25.0 Å². The Bertz CT molecular complexity index is 305. The second-order valence-electron chi connectivity index (χ2n) is 3.60. The van der Waals surface area contributed by atoms with Crippen LogP contribution in [0.2, 0.25) is 0 Å². The van der Waals surface area contributed by atoms with Crippen LogP contribution in [0, 0.1) is 5.82 Å². The van der Waals surface area contributed by atoms with Gasteiger partial charge in [0.2, 0.25) is 0 Å². The summed E-state index contributed by atoms with van der Waals surface area (Å²) in [6.45, 7) is 3.87. The minimum Gasteiger partial charge on any atom is -0.394 e. The highest BCUT2D eigenvalue weighted by Gasteiger charge is 2.26. The topological polar surface area (TPSA) is 45.1 Å². The van der Waals surface area contributed by atoms with Gasteiger partial charge in [-0.25, -0.2) is 9.37 Å². The molecule has 1 heterocycles. The van der Waals surface area contributed by atoms with Crippen LogP contribution < -0.4 is 5.32 Å². The van der Waals surface area contributed by atoms with Gasteiger partial charge >= 0.3 is 0 Å². The summed E-state index contributed by atoms with van der Waals surface area (Å²) in [7, 11) is 0. The number of aliphatic hydroxyl groups is 1. The van der Waals surface area contributed by atoms with Gasteiger partial charge in [-0.2, -0.15) is 0 Å². The molecule has 0 atom stereocenters. The first-order valence-corrected chi connectivity index (χ1v) is 5.17. The van der Waals surface area contributed by atoms with Crippen molar-refractivity contribution in [2.75, 3.05) is 11.9 Å². The molecule has 0 aromatic carbocycles. The zero-order valence-corrected chi connectivity index (χ0v) is 9.13. The molecular weight excluding hydrogens is 195 g/mol. The van der Waals surface area contributed by atoms with Crippen LogP contribution in [-0.2, 0) is 0 Å². The van der Waals surface area contributed by atoms with Crippen LogP contribution in [0.3, 0.4) is 0 Å².